The van der Waals surface area contributed by atoms with Crippen LogP contribution in [0.3, 0.4) is 0 Å². The third-order valence-electron chi connectivity index (χ3n) is 6.24. The Balaban J connectivity index is 1.41. The van der Waals surface area contributed by atoms with Crippen LogP contribution in [-0.4, -0.2) is 17.5 Å². The summed E-state index contributed by atoms with van der Waals surface area (Å²) in [6, 6.07) is 7.89. The molecule has 1 aromatic carbocycles. The van der Waals surface area contributed by atoms with E-state index in [1.54, 1.807) is 0 Å². The molecule has 3 heteroatoms. The fourth-order valence-corrected chi connectivity index (χ4v) is 5.79. The van der Waals surface area contributed by atoms with Gasteiger partial charge in [0.1, 0.15) is 0 Å². The third kappa shape index (κ3) is 3.03. The molecule has 5 rings (SSSR count). The van der Waals surface area contributed by atoms with Gasteiger partial charge in [0.15, 0.2) is 0 Å². The number of benzene rings is 1. The normalized spacial score (nSPS) is 36.0. The SMILES string of the molecule is Cc1cccc(NC(=O)[C@@H](C)NC23CC4CC(CC(C4)C2)C3)c1. The van der Waals surface area contributed by atoms with E-state index in [0.29, 0.717) is 0 Å². The van der Waals surface area contributed by atoms with Crippen LogP contribution < -0.4 is 10.6 Å². The Morgan fingerprint density at radius 1 is 1.13 bits per heavy atom. The number of anilines is 1. The Kier molecular flexibility index (Phi) is 3.72. The van der Waals surface area contributed by atoms with Crippen molar-refractivity contribution in [1.82, 2.24) is 5.32 Å². The van der Waals surface area contributed by atoms with Crippen LogP contribution in [0.2, 0.25) is 0 Å². The van der Waals surface area contributed by atoms with E-state index in [2.05, 4.69) is 10.6 Å². The lowest BCUT2D eigenvalue weighted by Crippen LogP contribution is -2.62. The Morgan fingerprint density at radius 2 is 1.74 bits per heavy atom. The first-order valence-electron chi connectivity index (χ1n) is 9.17. The van der Waals surface area contributed by atoms with Crippen LogP contribution in [0.1, 0.15) is 51.0 Å². The van der Waals surface area contributed by atoms with Crippen molar-refractivity contribution >= 4 is 11.6 Å². The molecular formula is C20H28N2O. The van der Waals surface area contributed by atoms with Gasteiger partial charge in [-0.3, -0.25) is 4.79 Å². The standard InChI is InChI=1S/C20H28N2O/c1-13-4-3-5-18(6-13)21-19(23)14(2)22-20-10-15-7-16(11-20)9-17(8-15)12-20/h3-6,14-17,22H,7-12H2,1-2H3,(H,21,23)/t14-,15?,16?,17?,20?/m1/s1. The zero-order chi connectivity index (χ0) is 16.0. The van der Waals surface area contributed by atoms with Gasteiger partial charge in [-0.25, -0.2) is 0 Å². The largest absolute Gasteiger partial charge is 0.325 e. The second kappa shape index (κ2) is 5.62. The molecular weight excluding hydrogens is 284 g/mol. The van der Waals surface area contributed by atoms with Gasteiger partial charge in [0.2, 0.25) is 5.91 Å². The summed E-state index contributed by atoms with van der Waals surface area (Å²) in [7, 11) is 0. The minimum absolute atomic E-state index is 0.0892. The predicted octanol–water partition coefficient (Wildman–Crippen LogP) is 3.88. The first-order valence-corrected chi connectivity index (χ1v) is 9.17. The summed E-state index contributed by atoms with van der Waals surface area (Å²) in [5.74, 6) is 2.80. The van der Waals surface area contributed by atoms with Gasteiger partial charge in [-0.15, -0.1) is 0 Å². The monoisotopic (exact) mass is 312 g/mol. The summed E-state index contributed by atoms with van der Waals surface area (Å²) < 4.78 is 0. The van der Waals surface area contributed by atoms with Gasteiger partial charge in [-0.2, -0.15) is 0 Å². The third-order valence-corrected chi connectivity index (χ3v) is 6.24. The van der Waals surface area contributed by atoms with Crippen LogP contribution >= 0.6 is 0 Å². The molecule has 0 radical (unpaired) electrons. The van der Waals surface area contributed by atoms with Crippen molar-refractivity contribution in [2.24, 2.45) is 17.8 Å². The fraction of sp³-hybridized carbons (Fsp3) is 0.650. The second-order valence-electron chi connectivity index (χ2n) is 8.42. The van der Waals surface area contributed by atoms with Gasteiger partial charge in [-0.1, -0.05) is 12.1 Å². The molecule has 0 aliphatic heterocycles. The van der Waals surface area contributed by atoms with Crippen molar-refractivity contribution in [1.29, 1.82) is 0 Å². The van der Waals surface area contributed by atoms with Crippen LogP contribution in [-0.2, 0) is 4.79 Å². The smallest absolute Gasteiger partial charge is 0.241 e. The average molecular weight is 312 g/mol. The van der Waals surface area contributed by atoms with Crippen molar-refractivity contribution < 1.29 is 4.79 Å². The quantitative estimate of drug-likeness (QED) is 0.886. The number of carbonyl (C=O) groups excluding carboxylic acids is 1. The number of aryl methyl sites for hydroxylation is 1. The number of hydrogen-bond acceptors (Lipinski definition) is 2. The second-order valence-corrected chi connectivity index (χ2v) is 8.42. The van der Waals surface area contributed by atoms with Crippen molar-refractivity contribution in [3.63, 3.8) is 0 Å². The highest BCUT2D eigenvalue weighted by atomic mass is 16.2. The van der Waals surface area contributed by atoms with Crippen LogP contribution in [0, 0.1) is 24.7 Å². The Bertz CT molecular complexity index is 574. The van der Waals surface area contributed by atoms with E-state index < -0.39 is 0 Å². The molecule has 1 amide bonds. The Hall–Kier alpha value is -1.35. The predicted molar refractivity (Wildman–Crippen MR) is 93.3 cm³/mol. The van der Waals surface area contributed by atoms with Gasteiger partial charge in [0.05, 0.1) is 6.04 Å². The summed E-state index contributed by atoms with van der Waals surface area (Å²) in [6.45, 7) is 4.07. The zero-order valence-corrected chi connectivity index (χ0v) is 14.3. The average Bonchev–Trinajstić information content (AvgIpc) is 2.45. The Labute approximate surface area is 139 Å². The lowest BCUT2D eigenvalue weighted by atomic mass is 9.53. The van der Waals surface area contributed by atoms with E-state index in [1.807, 2.05) is 38.1 Å². The van der Waals surface area contributed by atoms with Crippen molar-refractivity contribution in [2.75, 3.05) is 5.32 Å². The van der Waals surface area contributed by atoms with E-state index >= 15 is 0 Å². The highest BCUT2D eigenvalue weighted by molar-refractivity contribution is 5.94. The van der Waals surface area contributed by atoms with E-state index in [0.717, 1.165) is 23.4 Å². The molecule has 3 nitrogen and oxygen atoms in total. The van der Waals surface area contributed by atoms with E-state index in [4.69, 9.17) is 0 Å². The zero-order valence-electron chi connectivity index (χ0n) is 14.3. The van der Waals surface area contributed by atoms with E-state index in [1.165, 1.54) is 44.1 Å². The summed E-state index contributed by atoms with van der Waals surface area (Å²) in [6.07, 6.45) is 8.14. The molecule has 0 saturated heterocycles. The molecule has 124 valence electrons. The minimum atomic E-state index is -0.133. The van der Waals surface area contributed by atoms with Crippen molar-refractivity contribution in [3.05, 3.63) is 29.8 Å². The molecule has 1 aromatic rings. The molecule has 0 spiro atoms. The molecule has 4 bridgehead atoms. The molecule has 0 heterocycles. The molecule has 0 unspecified atom stereocenters. The molecule has 23 heavy (non-hydrogen) atoms. The van der Waals surface area contributed by atoms with E-state index in [-0.39, 0.29) is 17.5 Å². The molecule has 2 N–H and O–H groups in total. The summed E-state index contributed by atoms with van der Waals surface area (Å²) in [5.41, 5.74) is 2.30. The lowest BCUT2D eigenvalue weighted by Gasteiger charge is -2.57. The molecule has 4 saturated carbocycles. The molecule has 0 aromatic heterocycles. The molecule has 4 aliphatic rings. The number of amides is 1. The molecule has 4 aliphatic carbocycles. The maximum absolute atomic E-state index is 12.6. The van der Waals surface area contributed by atoms with Crippen molar-refractivity contribution in [2.45, 2.75) is 64.0 Å². The maximum atomic E-state index is 12.6. The van der Waals surface area contributed by atoms with Crippen molar-refractivity contribution in [3.8, 4) is 0 Å². The number of hydrogen-bond donors (Lipinski definition) is 2. The maximum Gasteiger partial charge on any atom is 0.241 e. The van der Waals surface area contributed by atoms with Crippen LogP contribution in [0.25, 0.3) is 0 Å². The van der Waals surface area contributed by atoms with Crippen LogP contribution in [0.15, 0.2) is 24.3 Å². The lowest BCUT2D eigenvalue weighted by molar-refractivity contribution is -0.119. The molecule has 1 atom stereocenters. The first-order chi connectivity index (χ1) is 11.0. The van der Waals surface area contributed by atoms with Crippen LogP contribution in [0.5, 0.6) is 0 Å². The van der Waals surface area contributed by atoms with E-state index in [9.17, 15) is 4.79 Å². The Morgan fingerprint density at radius 3 is 2.30 bits per heavy atom. The number of carbonyl (C=O) groups is 1. The number of rotatable bonds is 4. The highest BCUT2D eigenvalue weighted by Gasteiger charge is 2.51. The van der Waals surface area contributed by atoms with Crippen LogP contribution in [0.4, 0.5) is 5.69 Å². The fourth-order valence-electron chi connectivity index (χ4n) is 5.79. The van der Waals surface area contributed by atoms with Gasteiger partial charge < -0.3 is 10.6 Å². The summed E-state index contributed by atoms with van der Waals surface area (Å²) in [4.78, 5) is 12.6. The van der Waals surface area contributed by atoms with Gasteiger partial charge >= 0.3 is 0 Å². The van der Waals surface area contributed by atoms with Gasteiger partial charge in [-0.05, 0) is 87.8 Å². The summed E-state index contributed by atoms with van der Waals surface area (Å²) >= 11 is 0. The minimum Gasteiger partial charge on any atom is -0.325 e. The first kappa shape index (κ1) is 15.2. The summed E-state index contributed by atoms with van der Waals surface area (Å²) in [5, 5.41) is 6.81. The van der Waals surface area contributed by atoms with Gasteiger partial charge in [0.25, 0.3) is 0 Å². The molecule has 4 fully saturated rings. The topological polar surface area (TPSA) is 41.1 Å². The van der Waals surface area contributed by atoms with Gasteiger partial charge in [0, 0.05) is 11.2 Å². The highest BCUT2D eigenvalue weighted by Crippen LogP contribution is 2.55. The number of nitrogens with one attached hydrogen (secondary N) is 2.